The first-order valence-corrected chi connectivity index (χ1v) is 9.47. The van der Waals surface area contributed by atoms with Gasteiger partial charge in [-0.2, -0.15) is 0 Å². The molecule has 0 aromatic heterocycles. The first-order chi connectivity index (χ1) is 9.91. The van der Waals surface area contributed by atoms with Crippen molar-refractivity contribution in [3.63, 3.8) is 0 Å². The average molecular weight is 314 g/mol. The van der Waals surface area contributed by atoms with Crippen LogP contribution in [0.15, 0.2) is 0 Å². The van der Waals surface area contributed by atoms with E-state index < -0.39 is 16.8 Å². The Morgan fingerprint density at radius 1 is 1.29 bits per heavy atom. The van der Waals surface area contributed by atoms with Crippen molar-refractivity contribution in [2.24, 2.45) is 5.92 Å². The van der Waals surface area contributed by atoms with Crippen molar-refractivity contribution in [3.8, 4) is 0 Å². The highest BCUT2D eigenvalue weighted by molar-refractivity contribution is 7.84. The minimum absolute atomic E-state index is 0.00583. The molecule has 6 heteroatoms. The number of rotatable bonds is 4. The molecule has 4 unspecified atom stereocenters. The second-order valence-corrected chi connectivity index (χ2v) is 8.16. The molecule has 120 valence electrons. The molecule has 1 aliphatic heterocycles. The summed E-state index contributed by atoms with van der Waals surface area (Å²) in [6, 6.07) is -0.852. The van der Waals surface area contributed by atoms with Gasteiger partial charge >= 0.3 is 0 Å². The van der Waals surface area contributed by atoms with Crippen molar-refractivity contribution in [2.75, 3.05) is 12.8 Å². The van der Waals surface area contributed by atoms with Crippen LogP contribution in [-0.2, 0) is 20.4 Å². The number of hydrogen-bond donors (Lipinski definition) is 1. The van der Waals surface area contributed by atoms with Crippen LogP contribution in [0.3, 0.4) is 0 Å². The summed E-state index contributed by atoms with van der Waals surface area (Å²) in [6.07, 6.45) is 7.15. The van der Waals surface area contributed by atoms with Crippen LogP contribution < -0.4 is 5.32 Å². The van der Waals surface area contributed by atoms with Crippen molar-refractivity contribution in [1.82, 2.24) is 10.2 Å². The molecule has 1 N–H and O–H groups in total. The number of amides is 2. The van der Waals surface area contributed by atoms with Gasteiger partial charge in [0.15, 0.2) is 0 Å². The Morgan fingerprint density at radius 2 is 1.90 bits per heavy atom. The molecule has 0 radical (unpaired) electrons. The number of nitrogens with zero attached hydrogens (tertiary/aromatic N) is 1. The lowest BCUT2D eigenvalue weighted by molar-refractivity contribution is -0.150. The quantitative estimate of drug-likeness (QED) is 0.843. The fourth-order valence-corrected chi connectivity index (χ4v) is 3.63. The first-order valence-electron chi connectivity index (χ1n) is 7.85. The third-order valence-electron chi connectivity index (χ3n) is 4.84. The van der Waals surface area contributed by atoms with Gasteiger partial charge in [-0.3, -0.25) is 13.8 Å². The Morgan fingerprint density at radius 3 is 2.48 bits per heavy atom. The minimum atomic E-state index is -0.995. The summed E-state index contributed by atoms with van der Waals surface area (Å²) >= 11 is 0. The highest BCUT2D eigenvalue weighted by Crippen LogP contribution is 2.29. The highest BCUT2D eigenvalue weighted by Gasteiger charge is 2.42. The summed E-state index contributed by atoms with van der Waals surface area (Å²) in [7, 11) is -0.995. The van der Waals surface area contributed by atoms with Crippen LogP contribution in [0.2, 0.25) is 0 Å². The van der Waals surface area contributed by atoms with Crippen LogP contribution >= 0.6 is 0 Å². The van der Waals surface area contributed by atoms with Gasteiger partial charge in [0.05, 0.1) is 0 Å². The van der Waals surface area contributed by atoms with Gasteiger partial charge in [-0.25, -0.2) is 0 Å². The monoisotopic (exact) mass is 314 g/mol. The van der Waals surface area contributed by atoms with Crippen LogP contribution in [0.1, 0.15) is 46.0 Å². The zero-order chi connectivity index (χ0) is 15.6. The fraction of sp³-hybridized carbons (Fsp3) is 0.867. The van der Waals surface area contributed by atoms with E-state index in [0.717, 1.165) is 25.7 Å². The summed E-state index contributed by atoms with van der Waals surface area (Å²) in [5.74, 6) is 0.179. The van der Waals surface area contributed by atoms with E-state index in [1.807, 2.05) is 6.92 Å². The van der Waals surface area contributed by atoms with E-state index in [-0.39, 0.29) is 29.0 Å². The molecule has 2 rings (SSSR count). The second-order valence-electron chi connectivity index (χ2n) is 6.36. The molecule has 1 aliphatic carbocycles. The molecule has 0 spiro atoms. The smallest absolute Gasteiger partial charge is 0.246 e. The SMILES string of the molecule is CC1C(=O)NC(C2CCCCC2)C(=O)N1CC(C)S(C)=O. The number of nitrogens with one attached hydrogen (secondary N) is 1. The molecule has 1 saturated heterocycles. The van der Waals surface area contributed by atoms with Crippen molar-refractivity contribution in [3.05, 3.63) is 0 Å². The molecule has 2 fully saturated rings. The van der Waals surface area contributed by atoms with Crippen molar-refractivity contribution in [2.45, 2.75) is 63.3 Å². The summed E-state index contributed by atoms with van der Waals surface area (Å²) in [4.78, 5) is 26.6. The molecular weight excluding hydrogens is 288 g/mol. The van der Waals surface area contributed by atoms with Crippen molar-refractivity contribution < 1.29 is 13.8 Å². The maximum absolute atomic E-state index is 12.8. The molecule has 5 nitrogen and oxygen atoms in total. The van der Waals surface area contributed by atoms with E-state index in [4.69, 9.17) is 0 Å². The molecule has 0 aromatic rings. The molecule has 0 aromatic carbocycles. The number of carbonyl (C=O) groups excluding carboxylic acids is 2. The van der Waals surface area contributed by atoms with Gasteiger partial charge in [-0.15, -0.1) is 0 Å². The number of piperazine rings is 1. The van der Waals surface area contributed by atoms with Crippen LogP contribution in [0, 0.1) is 5.92 Å². The summed E-state index contributed by atoms with van der Waals surface area (Å²) in [5, 5.41) is 2.80. The topological polar surface area (TPSA) is 66.5 Å². The predicted octanol–water partition coefficient (Wildman–Crippen LogP) is 1.05. The Bertz CT molecular complexity index is 435. The molecule has 1 saturated carbocycles. The summed E-state index contributed by atoms with van der Waals surface area (Å²) in [6.45, 7) is 3.99. The van der Waals surface area contributed by atoms with Gasteiger partial charge in [-0.1, -0.05) is 19.3 Å². The van der Waals surface area contributed by atoms with E-state index in [9.17, 15) is 13.8 Å². The van der Waals surface area contributed by atoms with E-state index in [0.29, 0.717) is 6.54 Å². The van der Waals surface area contributed by atoms with Crippen LogP contribution in [0.5, 0.6) is 0 Å². The minimum Gasteiger partial charge on any atom is -0.342 e. The molecule has 2 aliphatic rings. The molecule has 1 heterocycles. The third-order valence-corrected chi connectivity index (χ3v) is 6.12. The summed E-state index contributed by atoms with van der Waals surface area (Å²) < 4.78 is 11.6. The lowest BCUT2D eigenvalue weighted by Crippen LogP contribution is -2.65. The summed E-state index contributed by atoms with van der Waals surface area (Å²) in [5.41, 5.74) is 0. The van der Waals surface area contributed by atoms with Gasteiger partial charge in [-0.05, 0) is 32.6 Å². The van der Waals surface area contributed by atoms with E-state index >= 15 is 0 Å². The van der Waals surface area contributed by atoms with Gasteiger partial charge in [0, 0.05) is 28.9 Å². The standard InChI is InChI=1S/C15H26N2O3S/c1-10(21(3)20)9-17-11(2)14(18)16-13(15(17)19)12-7-5-4-6-8-12/h10-13H,4-9H2,1-3H3,(H,16,18). The Balaban J connectivity index is 2.12. The fourth-order valence-electron chi connectivity index (χ4n) is 3.26. The lowest BCUT2D eigenvalue weighted by Gasteiger charge is -2.41. The molecule has 2 amide bonds. The maximum atomic E-state index is 12.8. The molecular formula is C15H26N2O3S. The van der Waals surface area contributed by atoms with Crippen LogP contribution in [-0.4, -0.2) is 51.1 Å². The van der Waals surface area contributed by atoms with Crippen molar-refractivity contribution >= 4 is 22.6 Å². The Hall–Kier alpha value is -0.910. The van der Waals surface area contributed by atoms with Gasteiger partial charge in [0.25, 0.3) is 0 Å². The largest absolute Gasteiger partial charge is 0.342 e. The molecule has 0 bridgehead atoms. The number of hydrogen-bond acceptors (Lipinski definition) is 3. The van der Waals surface area contributed by atoms with Crippen molar-refractivity contribution in [1.29, 1.82) is 0 Å². The molecule has 4 atom stereocenters. The van der Waals surface area contributed by atoms with Gasteiger partial charge in [0.1, 0.15) is 12.1 Å². The number of carbonyl (C=O) groups is 2. The normalized spacial score (nSPS) is 30.9. The molecule has 21 heavy (non-hydrogen) atoms. The lowest BCUT2D eigenvalue weighted by atomic mass is 9.82. The van der Waals surface area contributed by atoms with E-state index in [1.165, 1.54) is 6.42 Å². The second kappa shape index (κ2) is 6.90. The van der Waals surface area contributed by atoms with Gasteiger partial charge < -0.3 is 10.2 Å². The Labute approximate surface area is 129 Å². The third kappa shape index (κ3) is 3.65. The zero-order valence-electron chi connectivity index (χ0n) is 13.1. The van der Waals surface area contributed by atoms with Gasteiger partial charge in [0.2, 0.25) is 11.8 Å². The maximum Gasteiger partial charge on any atom is 0.246 e. The van der Waals surface area contributed by atoms with E-state index in [2.05, 4.69) is 5.32 Å². The predicted molar refractivity (Wildman–Crippen MR) is 83.2 cm³/mol. The van der Waals surface area contributed by atoms with E-state index in [1.54, 1.807) is 18.1 Å². The van der Waals surface area contributed by atoms with Crippen LogP contribution in [0.25, 0.3) is 0 Å². The van der Waals surface area contributed by atoms with Crippen LogP contribution in [0.4, 0.5) is 0 Å². The first kappa shape index (κ1) is 16.5. The average Bonchev–Trinajstić information content (AvgIpc) is 2.47. The highest BCUT2D eigenvalue weighted by atomic mass is 32.2. The Kier molecular flexibility index (Phi) is 5.41. The zero-order valence-corrected chi connectivity index (χ0v) is 13.9.